The summed E-state index contributed by atoms with van der Waals surface area (Å²) >= 11 is 0. The average molecular weight is 321 g/mol. The number of benzene rings is 1. The first-order valence-corrected chi connectivity index (χ1v) is 8.28. The summed E-state index contributed by atoms with van der Waals surface area (Å²) < 4.78 is 0. The molecule has 24 heavy (non-hydrogen) atoms. The maximum absolute atomic E-state index is 12.0. The van der Waals surface area contributed by atoms with Crippen LogP contribution in [0.1, 0.15) is 48.5 Å². The summed E-state index contributed by atoms with van der Waals surface area (Å²) in [5.74, 6) is -0.235. The van der Waals surface area contributed by atoms with Crippen molar-refractivity contribution in [2.24, 2.45) is 5.10 Å². The second kappa shape index (κ2) is 10.1. The molecule has 2 rings (SSSR count). The minimum Gasteiger partial charge on any atom is -0.267 e. The van der Waals surface area contributed by atoms with Gasteiger partial charge in [-0.1, -0.05) is 56.2 Å². The number of unbranched alkanes of at least 4 members (excludes halogenated alkanes) is 2. The molecule has 0 spiro atoms. The molecule has 1 N–H and O–H groups in total. The molecule has 1 aromatic heterocycles. The molecule has 124 valence electrons. The maximum atomic E-state index is 12.0. The minimum absolute atomic E-state index is 0.235. The summed E-state index contributed by atoms with van der Waals surface area (Å²) in [6.07, 6.45) is 11.4. The van der Waals surface area contributed by atoms with E-state index in [1.165, 1.54) is 12.8 Å². The molecular weight excluding hydrogens is 298 g/mol. The molecule has 0 unspecified atom stereocenters. The van der Waals surface area contributed by atoms with Crippen molar-refractivity contribution in [1.29, 1.82) is 0 Å². The molecule has 1 amide bonds. The van der Waals surface area contributed by atoms with Crippen LogP contribution in [0.25, 0.3) is 6.08 Å². The van der Waals surface area contributed by atoms with E-state index in [0.717, 1.165) is 24.0 Å². The zero-order chi connectivity index (χ0) is 17.0. The fraction of sp³-hybridized carbons (Fsp3) is 0.250. The van der Waals surface area contributed by atoms with Gasteiger partial charge >= 0.3 is 0 Å². The predicted molar refractivity (Wildman–Crippen MR) is 98.8 cm³/mol. The molecule has 1 heterocycles. The Hall–Kier alpha value is -2.75. The average Bonchev–Trinajstić information content (AvgIpc) is 2.63. The molecule has 0 saturated heterocycles. The van der Waals surface area contributed by atoms with Crippen LogP contribution in [-0.4, -0.2) is 17.1 Å². The highest BCUT2D eigenvalue weighted by Crippen LogP contribution is 2.12. The fourth-order valence-corrected chi connectivity index (χ4v) is 2.26. The van der Waals surface area contributed by atoms with Crippen LogP contribution < -0.4 is 5.43 Å². The molecule has 0 atom stereocenters. The first kappa shape index (κ1) is 17.6. The van der Waals surface area contributed by atoms with E-state index < -0.39 is 0 Å². The SMILES string of the molecule is CCCCCC(/C=N\NC(=O)c1ccncc1)=C\c1ccccc1. The van der Waals surface area contributed by atoms with Crippen molar-refractivity contribution in [2.75, 3.05) is 0 Å². The van der Waals surface area contributed by atoms with Gasteiger partial charge in [-0.2, -0.15) is 5.10 Å². The van der Waals surface area contributed by atoms with Crippen LogP contribution in [-0.2, 0) is 0 Å². The van der Waals surface area contributed by atoms with Crippen LogP contribution in [0.15, 0.2) is 65.5 Å². The number of carbonyl (C=O) groups is 1. The number of nitrogens with zero attached hydrogens (tertiary/aromatic N) is 2. The molecule has 4 nitrogen and oxygen atoms in total. The maximum Gasteiger partial charge on any atom is 0.271 e. The van der Waals surface area contributed by atoms with E-state index in [1.54, 1.807) is 30.7 Å². The van der Waals surface area contributed by atoms with Gasteiger partial charge in [0.1, 0.15) is 0 Å². The van der Waals surface area contributed by atoms with Crippen LogP contribution in [0.5, 0.6) is 0 Å². The van der Waals surface area contributed by atoms with Gasteiger partial charge in [0.05, 0.1) is 6.21 Å². The third kappa shape index (κ3) is 6.16. The largest absolute Gasteiger partial charge is 0.271 e. The molecule has 0 aliphatic carbocycles. The van der Waals surface area contributed by atoms with E-state index in [-0.39, 0.29) is 5.91 Å². The van der Waals surface area contributed by atoms with Gasteiger partial charge in [-0.05, 0) is 36.1 Å². The van der Waals surface area contributed by atoms with Crippen LogP contribution in [0.3, 0.4) is 0 Å². The van der Waals surface area contributed by atoms with Gasteiger partial charge in [-0.3, -0.25) is 9.78 Å². The Morgan fingerprint density at radius 3 is 2.58 bits per heavy atom. The van der Waals surface area contributed by atoms with Gasteiger partial charge in [-0.15, -0.1) is 0 Å². The van der Waals surface area contributed by atoms with Crippen LogP contribution in [0.2, 0.25) is 0 Å². The highest BCUT2D eigenvalue weighted by molar-refractivity contribution is 5.95. The Morgan fingerprint density at radius 2 is 1.88 bits per heavy atom. The topological polar surface area (TPSA) is 54.4 Å². The van der Waals surface area contributed by atoms with Gasteiger partial charge in [0, 0.05) is 18.0 Å². The summed E-state index contributed by atoms with van der Waals surface area (Å²) in [4.78, 5) is 15.9. The Labute approximate surface area is 143 Å². The Kier molecular flexibility index (Phi) is 7.41. The Bertz CT molecular complexity index is 679. The molecule has 0 aliphatic heterocycles. The lowest BCUT2D eigenvalue weighted by Crippen LogP contribution is -2.17. The number of hydrogen-bond donors (Lipinski definition) is 1. The standard InChI is InChI=1S/C20H23N3O/c1-2-3-5-10-18(15-17-8-6-4-7-9-17)16-22-23-20(24)19-11-13-21-14-12-19/h4,6-9,11-16H,2-3,5,10H2,1H3,(H,23,24)/b18-15+,22-16-. The van der Waals surface area contributed by atoms with E-state index in [9.17, 15) is 4.79 Å². The Balaban J connectivity index is 2.01. The summed E-state index contributed by atoms with van der Waals surface area (Å²) in [6.45, 7) is 2.18. The molecule has 0 fully saturated rings. The van der Waals surface area contributed by atoms with Gasteiger partial charge in [0.2, 0.25) is 0 Å². The van der Waals surface area contributed by atoms with E-state index in [1.807, 2.05) is 18.2 Å². The molecule has 4 heteroatoms. The second-order valence-corrected chi connectivity index (χ2v) is 5.52. The number of nitrogens with one attached hydrogen (secondary N) is 1. The molecule has 2 aromatic rings. The number of hydrogen-bond acceptors (Lipinski definition) is 3. The second-order valence-electron chi connectivity index (χ2n) is 5.52. The fourth-order valence-electron chi connectivity index (χ4n) is 2.26. The van der Waals surface area contributed by atoms with Crippen molar-refractivity contribution in [1.82, 2.24) is 10.4 Å². The van der Waals surface area contributed by atoms with Crippen molar-refractivity contribution < 1.29 is 4.79 Å². The zero-order valence-electron chi connectivity index (χ0n) is 14.0. The quantitative estimate of drug-likeness (QED) is 0.443. The van der Waals surface area contributed by atoms with Crippen molar-refractivity contribution in [2.45, 2.75) is 32.6 Å². The van der Waals surface area contributed by atoms with Gasteiger partial charge in [0.25, 0.3) is 5.91 Å². The number of rotatable bonds is 8. The van der Waals surface area contributed by atoms with Crippen molar-refractivity contribution in [3.8, 4) is 0 Å². The van der Waals surface area contributed by atoms with Crippen molar-refractivity contribution in [3.05, 3.63) is 71.6 Å². The third-order valence-electron chi connectivity index (χ3n) is 3.56. The zero-order valence-corrected chi connectivity index (χ0v) is 14.0. The first-order chi connectivity index (χ1) is 11.8. The van der Waals surface area contributed by atoms with E-state index in [2.05, 4.69) is 40.6 Å². The number of aromatic nitrogens is 1. The minimum atomic E-state index is -0.235. The lowest BCUT2D eigenvalue weighted by atomic mass is 10.1. The normalized spacial score (nSPS) is 11.6. The molecule has 0 bridgehead atoms. The highest BCUT2D eigenvalue weighted by atomic mass is 16.2. The summed E-state index contributed by atoms with van der Waals surface area (Å²) in [7, 11) is 0. The van der Waals surface area contributed by atoms with E-state index >= 15 is 0 Å². The van der Waals surface area contributed by atoms with E-state index in [4.69, 9.17) is 0 Å². The number of allylic oxidation sites excluding steroid dienone is 1. The van der Waals surface area contributed by atoms with Crippen LogP contribution in [0, 0.1) is 0 Å². The van der Waals surface area contributed by atoms with Crippen LogP contribution in [0.4, 0.5) is 0 Å². The predicted octanol–water partition coefficient (Wildman–Crippen LogP) is 4.46. The smallest absolute Gasteiger partial charge is 0.267 e. The Morgan fingerprint density at radius 1 is 1.12 bits per heavy atom. The summed E-state index contributed by atoms with van der Waals surface area (Å²) in [5, 5.41) is 4.11. The molecule has 0 saturated carbocycles. The van der Waals surface area contributed by atoms with Crippen molar-refractivity contribution >= 4 is 18.2 Å². The number of amides is 1. The van der Waals surface area contributed by atoms with Crippen LogP contribution >= 0.6 is 0 Å². The molecule has 1 aromatic carbocycles. The third-order valence-corrected chi connectivity index (χ3v) is 3.56. The molecular formula is C20H23N3O. The first-order valence-electron chi connectivity index (χ1n) is 8.28. The monoisotopic (exact) mass is 321 g/mol. The number of carbonyl (C=O) groups excluding carboxylic acids is 1. The van der Waals surface area contributed by atoms with Gasteiger partial charge in [0.15, 0.2) is 0 Å². The lowest BCUT2D eigenvalue weighted by molar-refractivity contribution is 0.0955. The van der Waals surface area contributed by atoms with E-state index in [0.29, 0.717) is 5.56 Å². The molecule has 0 radical (unpaired) electrons. The van der Waals surface area contributed by atoms with Gasteiger partial charge < -0.3 is 0 Å². The molecule has 0 aliphatic rings. The highest BCUT2D eigenvalue weighted by Gasteiger charge is 2.02. The lowest BCUT2D eigenvalue weighted by Gasteiger charge is -2.03. The van der Waals surface area contributed by atoms with Crippen molar-refractivity contribution in [3.63, 3.8) is 0 Å². The van der Waals surface area contributed by atoms with Gasteiger partial charge in [-0.25, -0.2) is 5.43 Å². The summed E-state index contributed by atoms with van der Waals surface area (Å²) in [5.41, 5.74) is 5.35. The number of hydrazone groups is 1. The summed E-state index contributed by atoms with van der Waals surface area (Å²) in [6, 6.07) is 13.5. The number of pyridine rings is 1.